The van der Waals surface area contributed by atoms with Crippen molar-refractivity contribution in [3.8, 4) is 39.8 Å². The van der Waals surface area contributed by atoms with Gasteiger partial charge >= 0.3 is 0 Å². The number of fused-ring (bicyclic) bond motifs is 12. The molecule has 0 aliphatic rings. The van der Waals surface area contributed by atoms with E-state index in [-0.39, 0.29) is 0 Å². The van der Waals surface area contributed by atoms with E-state index < -0.39 is 0 Å². The molecule has 0 aliphatic heterocycles. The van der Waals surface area contributed by atoms with Crippen LogP contribution in [0, 0.1) is 0 Å². The largest absolute Gasteiger partial charge is 0.309 e. The molecule has 0 N–H and O–H groups in total. The van der Waals surface area contributed by atoms with Crippen LogP contribution in [0.1, 0.15) is 0 Å². The Balaban J connectivity index is 1.15. The number of para-hydroxylation sites is 6. The van der Waals surface area contributed by atoms with Crippen molar-refractivity contribution in [2.24, 2.45) is 0 Å². The minimum absolute atomic E-state index is 0.606. The van der Waals surface area contributed by atoms with Crippen molar-refractivity contribution in [1.29, 1.82) is 0 Å². The molecule has 5 nitrogen and oxygen atoms in total. The number of nitrogens with zero attached hydrogens (tertiary/aromatic N) is 5. The van der Waals surface area contributed by atoms with E-state index in [9.17, 15) is 0 Å². The van der Waals surface area contributed by atoms with E-state index in [4.69, 9.17) is 9.97 Å². The molecule has 0 spiro atoms. The molecule has 64 heavy (non-hydrogen) atoms. The lowest BCUT2D eigenvalue weighted by molar-refractivity contribution is 0.951. The second-order valence-corrected chi connectivity index (χ2v) is 17.6. The SMILES string of the molecule is c1cc(-c2ccc3sc4ccccc4c3c2)c(-c2cc(-n3c4ccccc4c4ccccc43)nc(-n3c4ccccc4c4ccccc43)n2)c(-n2c3ccccc3c3ccccc32)c1. The first-order chi connectivity index (χ1) is 31.8. The van der Waals surface area contributed by atoms with Crippen molar-refractivity contribution in [2.45, 2.75) is 0 Å². The zero-order chi connectivity index (χ0) is 41.9. The molecule has 0 fully saturated rings. The number of rotatable bonds is 5. The van der Waals surface area contributed by atoms with Crippen LogP contribution < -0.4 is 0 Å². The van der Waals surface area contributed by atoms with Crippen LogP contribution in [0.2, 0.25) is 0 Å². The van der Waals surface area contributed by atoms with Crippen LogP contribution in [0.25, 0.3) is 125 Å². The van der Waals surface area contributed by atoms with Gasteiger partial charge in [-0.15, -0.1) is 11.3 Å². The topological polar surface area (TPSA) is 40.6 Å². The van der Waals surface area contributed by atoms with Crippen molar-refractivity contribution in [3.63, 3.8) is 0 Å². The van der Waals surface area contributed by atoms with Gasteiger partial charge in [0.15, 0.2) is 0 Å². The Hall–Kier alpha value is -8.32. The molecule has 5 aromatic heterocycles. The molecule has 9 aromatic carbocycles. The Kier molecular flexibility index (Phi) is 7.49. The fraction of sp³-hybridized carbons (Fsp3) is 0. The number of benzene rings is 9. The summed E-state index contributed by atoms with van der Waals surface area (Å²) in [6.07, 6.45) is 0. The van der Waals surface area contributed by atoms with E-state index in [0.29, 0.717) is 5.95 Å². The second kappa shape index (κ2) is 13.6. The van der Waals surface area contributed by atoms with Gasteiger partial charge in [0.1, 0.15) is 5.82 Å². The summed E-state index contributed by atoms with van der Waals surface area (Å²) < 4.78 is 9.56. The molecule has 0 saturated carbocycles. The highest BCUT2D eigenvalue weighted by molar-refractivity contribution is 7.25. The predicted molar refractivity (Wildman–Crippen MR) is 269 cm³/mol. The van der Waals surface area contributed by atoms with Crippen molar-refractivity contribution in [2.75, 3.05) is 0 Å². The molecule has 0 amide bonds. The predicted octanol–water partition coefficient (Wildman–Crippen LogP) is 15.5. The van der Waals surface area contributed by atoms with Crippen molar-refractivity contribution in [1.82, 2.24) is 23.7 Å². The molecule has 0 saturated heterocycles. The monoisotopic (exact) mass is 833 g/mol. The lowest BCUT2D eigenvalue weighted by Gasteiger charge is -2.20. The summed E-state index contributed by atoms with van der Waals surface area (Å²) in [6.45, 7) is 0. The van der Waals surface area contributed by atoms with E-state index in [2.05, 4.69) is 226 Å². The first-order valence-electron chi connectivity index (χ1n) is 21.7. The maximum atomic E-state index is 5.76. The first kappa shape index (κ1) is 35.3. The molecule has 5 heterocycles. The third-order valence-corrected chi connectivity index (χ3v) is 14.2. The minimum atomic E-state index is 0.606. The third-order valence-electron chi connectivity index (χ3n) is 13.1. The molecular weight excluding hydrogens is 799 g/mol. The molecular formula is C58H35N5S. The summed E-state index contributed by atoms with van der Waals surface area (Å²) in [5.74, 6) is 1.40. The maximum absolute atomic E-state index is 5.76. The fourth-order valence-corrected chi connectivity index (χ4v) is 11.5. The van der Waals surface area contributed by atoms with Gasteiger partial charge in [-0.2, -0.15) is 4.98 Å². The van der Waals surface area contributed by atoms with E-state index >= 15 is 0 Å². The van der Waals surface area contributed by atoms with Gasteiger partial charge in [0.2, 0.25) is 5.95 Å². The summed E-state index contributed by atoms with van der Waals surface area (Å²) in [6, 6.07) is 76.7. The summed E-state index contributed by atoms with van der Waals surface area (Å²) in [4.78, 5) is 11.4. The van der Waals surface area contributed by atoms with Gasteiger partial charge in [0.05, 0.1) is 44.5 Å². The zero-order valence-electron chi connectivity index (χ0n) is 34.4. The highest BCUT2D eigenvalue weighted by Crippen LogP contribution is 2.44. The van der Waals surface area contributed by atoms with Crippen LogP contribution in [-0.2, 0) is 0 Å². The fourth-order valence-electron chi connectivity index (χ4n) is 10.4. The van der Waals surface area contributed by atoms with Gasteiger partial charge < -0.3 is 4.57 Å². The maximum Gasteiger partial charge on any atom is 0.237 e. The van der Waals surface area contributed by atoms with Gasteiger partial charge in [-0.05, 0) is 71.8 Å². The van der Waals surface area contributed by atoms with E-state index in [1.807, 2.05) is 11.3 Å². The van der Waals surface area contributed by atoms with Gasteiger partial charge in [0, 0.05) is 64.1 Å². The van der Waals surface area contributed by atoms with Crippen LogP contribution >= 0.6 is 11.3 Å². The quantitative estimate of drug-likeness (QED) is 0.173. The molecule has 0 radical (unpaired) electrons. The van der Waals surface area contributed by atoms with Crippen LogP contribution in [-0.4, -0.2) is 23.7 Å². The van der Waals surface area contributed by atoms with Crippen molar-refractivity contribution in [3.05, 3.63) is 212 Å². The third kappa shape index (κ3) is 5.05. The number of hydrogen-bond donors (Lipinski definition) is 0. The molecule has 14 aromatic rings. The van der Waals surface area contributed by atoms with Gasteiger partial charge in [-0.25, -0.2) is 4.98 Å². The Morgan fingerprint density at radius 2 is 0.781 bits per heavy atom. The molecule has 0 aliphatic carbocycles. The average molecular weight is 834 g/mol. The lowest BCUT2D eigenvalue weighted by atomic mass is 9.94. The summed E-state index contributed by atoms with van der Waals surface area (Å²) in [5, 5.41) is 9.63. The molecule has 0 bridgehead atoms. The first-order valence-corrected chi connectivity index (χ1v) is 22.5. The van der Waals surface area contributed by atoms with Gasteiger partial charge in [-0.3, -0.25) is 9.13 Å². The van der Waals surface area contributed by atoms with Crippen LogP contribution in [0.3, 0.4) is 0 Å². The van der Waals surface area contributed by atoms with Crippen LogP contribution in [0.4, 0.5) is 0 Å². The number of hydrogen-bond acceptors (Lipinski definition) is 3. The smallest absolute Gasteiger partial charge is 0.237 e. The molecule has 14 rings (SSSR count). The second-order valence-electron chi connectivity index (χ2n) is 16.5. The molecule has 0 unspecified atom stereocenters. The zero-order valence-corrected chi connectivity index (χ0v) is 35.2. The van der Waals surface area contributed by atoms with Gasteiger partial charge in [0.25, 0.3) is 0 Å². The lowest BCUT2D eigenvalue weighted by Crippen LogP contribution is -2.09. The van der Waals surface area contributed by atoms with E-state index in [1.165, 1.54) is 41.7 Å². The van der Waals surface area contributed by atoms with Crippen molar-refractivity contribution < 1.29 is 0 Å². The van der Waals surface area contributed by atoms with E-state index in [0.717, 1.165) is 77.8 Å². The Morgan fingerprint density at radius 3 is 1.33 bits per heavy atom. The normalized spacial score (nSPS) is 12.1. The number of aromatic nitrogens is 5. The summed E-state index contributed by atoms with van der Waals surface area (Å²) in [7, 11) is 0. The standard InChI is InChI=1S/C58H35N5S/c1-8-24-47-38(16-1)39-17-2-9-25-48(39)61(47)53-30-15-23-37(36-32-33-55-45(34-36)44-22-7-14-31-54(44)64-55)57(53)46-35-56(62-49-26-10-3-18-40(49)41-19-4-11-27-50(41)62)60-58(59-46)63-51-28-12-5-20-42(51)43-21-6-13-29-52(43)63/h1-35H. The van der Waals surface area contributed by atoms with E-state index in [1.54, 1.807) is 0 Å². The highest BCUT2D eigenvalue weighted by Gasteiger charge is 2.24. The Bertz CT molecular complexity index is 3930. The van der Waals surface area contributed by atoms with Crippen LogP contribution in [0.15, 0.2) is 212 Å². The Labute approximate surface area is 371 Å². The minimum Gasteiger partial charge on any atom is -0.309 e. The Morgan fingerprint density at radius 1 is 0.328 bits per heavy atom. The molecule has 0 atom stereocenters. The molecule has 298 valence electrons. The van der Waals surface area contributed by atoms with Crippen LogP contribution in [0.5, 0.6) is 0 Å². The average Bonchev–Trinajstić information content (AvgIpc) is 4.10. The van der Waals surface area contributed by atoms with Crippen molar-refractivity contribution >= 4 is 96.9 Å². The summed E-state index contributed by atoms with van der Waals surface area (Å²) >= 11 is 1.84. The molecule has 6 heteroatoms. The number of thiophene rings is 1. The van der Waals surface area contributed by atoms with Gasteiger partial charge in [-0.1, -0.05) is 146 Å². The highest BCUT2D eigenvalue weighted by atomic mass is 32.1. The summed E-state index contributed by atoms with van der Waals surface area (Å²) in [5.41, 5.74) is 11.7.